The van der Waals surface area contributed by atoms with Crippen LogP contribution in [0.5, 0.6) is 0 Å². The minimum Gasteiger partial charge on any atom is -0.393 e. The van der Waals surface area contributed by atoms with Gasteiger partial charge in [0.05, 0.1) is 18.7 Å². The molecule has 4 heteroatoms. The molecule has 0 bridgehead atoms. The molecule has 138 valence electrons. The average Bonchev–Trinajstić information content (AvgIpc) is 3.15. The van der Waals surface area contributed by atoms with E-state index in [1.54, 1.807) is 0 Å². The van der Waals surface area contributed by atoms with Crippen molar-refractivity contribution in [3.63, 3.8) is 0 Å². The quantitative estimate of drug-likeness (QED) is 0.834. The molecule has 4 nitrogen and oxygen atoms in total. The lowest BCUT2D eigenvalue weighted by Gasteiger charge is -2.33. The number of nitrogens with one attached hydrogen (secondary N) is 1. The van der Waals surface area contributed by atoms with Crippen LogP contribution in [0, 0.1) is 11.8 Å². The Bertz CT molecular complexity index is 532. The second-order valence-corrected chi connectivity index (χ2v) is 7.85. The Hall–Kier alpha value is -1.39. The molecule has 1 saturated carbocycles. The van der Waals surface area contributed by atoms with Crippen molar-refractivity contribution in [1.82, 2.24) is 10.2 Å². The van der Waals surface area contributed by atoms with Crippen molar-refractivity contribution in [3.8, 4) is 0 Å². The molecule has 0 spiro atoms. The molecule has 2 N–H and O–H groups in total. The Morgan fingerprint density at radius 1 is 1.12 bits per heavy atom. The molecular formula is C21H32N2O2. The second-order valence-electron chi connectivity index (χ2n) is 7.85. The lowest BCUT2D eigenvalue weighted by Crippen LogP contribution is -2.44. The number of aliphatic hydroxyl groups excluding tert-OH is 1. The maximum absolute atomic E-state index is 12.7. The molecule has 2 aliphatic rings. The molecule has 1 aliphatic heterocycles. The number of nitrogens with zero attached hydrogens (tertiary/aromatic N) is 1. The molecule has 0 aromatic heterocycles. The molecule has 3 rings (SSSR count). The number of likely N-dealkylation sites (tertiary alicyclic amines) is 1. The lowest BCUT2D eigenvalue weighted by molar-refractivity contribution is -0.123. The minimum absolute atomic E-state index is 0.135. The highest BCUT2D eigenvalue weighted by molar-refractivity contribution is 5.78. The van der Waals surface area contributed by atoms with Gasteiger partial charge < -0.3 is 10.4 Å². The molecule has 2 fully saturated rings. The SMILES string of the molecule is CC(O)C1CCN(CC(=O)NC(c2ccccc2)C2CCCC2)CC1. The number of carbonyl (C=O) groups is 1. The van der Waals surface area contributed by atoms with Crippen LogP contribution in [0.25, 0.3) is 0 Å². The standard InChI is InChI=1S/C21H32N2O2/c1-16(24)17-11-13-23(14-12-17)15-20(25)22-21(19-9-5-6-10-19)18-7-3-2-4-8-18/h2-4,7-8,16-17,19,21,24H,5-6,9-15H2,1H3,(H,22,25). The Balaban J connectivity index is 1.56. The van der Waals surface area contributed by atoms with Gasteiger partial charge in [0.2, 0.25) is 5.91 Å². The Kier molecular flexibility index (Phi) is 6.49. The van der Waals surface area contributed by atoms with Gasteiger partial charge in [-0.1, -0.05) is 43.2 Å². The fourth-order valence-corrected chi connectivity index (χ4v) is 4.44. The van der Waals surface area contributed by atoms with Crippen molar-refractivity contribution in [2.45, 2.75) is 57.6 Å². The molecule has 1 aliphatic carbocycles. The largest absolute Gasteiger partial charge is 0.393 e. The molecule has 1 aromatic carbocycles. The van der Waals surface area contributed by atoms with Gasteiger partial charge in [0.25, 0.3) is 0 Å². The van der Waals surface area contributed by atoms with Gasteiger partial charge in [-0.25, -0.2) is 0 Å². The third-order valence-electron chi connectivity index (χ3n) is 6.03. The van der Waals surface area contributed by atoms with Crippen LogP contribution in [0.1, 0.15) is 57.1 Å². The summed E-state index contributed by atoms with van der Waals surface area (Å²) in [5.74, 6) is 1.08. The van der Waals surface area contributed by atoms with Crippen LogP contribution in [-0.4, -0.2) is 41.7 Å². The first-order valence-electron chi connectivity index (χ1n) is 9.88. The Morgan fingerprint density at radius 2 is 1.76 bits per heavy atom. The predicted octanol–water partition coefficient (Wildman–Crippen LogP) is 3.13. The van der Waals surface area contributed by atoms with Crippen LogP contribution in [0.15, 0.2) is 30.3 Å². The first kappa shape index (κ1) is 18.4. The highest BCUT2D eigenvalue weighted by Gasteiger charge is 2.29. The van der Waals surface area contributed by atoms with E-state index in [0.717, 1.165) is 25.9 Å². The van der Waals surface area contributed by atoms with E-state index in [0.29, 0.717) is 18.4 Å². The number of hydrogen-bond acceptors (Lipinski definition) is 3. The molecular weight excluding hydrogens is 312 g/mol. The van der Waals surface area contributed by atoms with Crippen LogP contribution >= 0.6 is 0 Å². The van der Waals surface area contributed by atoms with Crippen molar-refractivity contribution in [2.24, 2.45) is 11.8 Å². The van der Waals surface area contributed by atoms with Crippen LogP contribution in [0.2, 0.25) is 0 Å². The van der Waals surface area contributed by atoms with E-state index in [9.17, 15) is 9.90 Å². The van der Waals surface area contributed by atoms with Crippen molar-refractivity contribution < 1.29 is 9.90 Å². The fraction of sp³-hybridized carbons (Fsp3) is 0.667. The molecule has 2 atom stereocenters. The van der Waals surface area contributed by atoms with Crippen LogP contribution < -0.4 is 5.32 Å². The number of piperidine rings is 1. The smallest absolute Gasteiger partial charge is 0.234 e. The summed E-state index contributed by atoms with van der Waals surface area (Å²) in [6, 6.07) is 10.6. The number of amides is 1. The zero-order valence-electron chi connectivity index (χ0n) is 15.4. The monoisotopic (exact) mass is 344 g/mol. The van der Waals surface area contributed by atoms with Crippen molar-refractivity contribution in [1.29, 1.82) is 0 Å². The van der Waals surface area contributed by atoms with E-state index in [4.69, 9.17) is 0 Å². The second kappa shape index (κ2) is 8.81. The van der Waals surface area contributed by atoms with Gasteiger partial charge in [-0.3, -0.25) is 9.69 Å². The average molecular weight is 344 g/mol. The van der Waals surface area contributed by atoms with Gasteiger partial charge in [-0.2, -0.15) is 0 Å². The Morgan fingerprint density at radius 3 is 2.36 bits per heavy atom. The van der Waals surface area contributed by atoms with E-state index in [1.165, 1.54) is 31.2 Å². The Labute approximate surface area is 151 Å². The number of hydrogen-bond donors (Lipinski definition) is 2. The van der Waals surface area contributed by atoms with Gasteiger partial charge in [0, 0.05) is 0 Å². The number of rotatable bonds is 6. The van der Waals surface area contributed by atoms with Gasteiger partial charge in [-0.05, 0) is 63.1 Å². The molecule has 2 unspecified atom stereocenters. The van der Waals surface area contributed by atoms with Crippen LogP contribution in [-0.2, 0) is 4.79 Å². The fourth-order valence-electron chi connectivity index (χ4n) is 4.44. The number of benzene rings is 1. The van der Waals surface area contributed by atoms with E-state index >= 15 is 0 Å². The van der Waals surface area contributed by atoms with E-state index in [1.807, 2.05) is 13.0 Å². The van der Waals surface area contributed by atoms with Gasteiger partial charge >= 0.3 is 0 Å². The van der Waals surface area contributed by atoms with Gasteiger partial charge in [0.1, 0.15) is 0 Å². The van der Waals surface area contributed by atoms with E-state index in [-0.39, 0.29) is 18.1 Å². The highest BCUT2D eigenvalue weighted by atomic mass is 16.3. The van der Waals surface area contributed by atoms with E-state index < -0.39 is 0 Å². The summed E-state index contributed by atoms with van der Waals surface area (Å²) in [4.78, 5) is 14.9. The summed E-state index contributed by atoms with van der Waals surface area (Å²) in [7, 11) is 0. The molecule has 1 amide bonds. The summed E-state index contributed by atoms with van der Waals surface area (Å²) < 4.78 is 0. The third kappa shape index (κ3) is 5.05. The zero-order chi connectivity index (χ0) is 17.6. The number of carbonyl (C=O) groups excluding carboxylic acids is 1. The molecule has 1 aromatic rings. The maximum Gasteiger partial charge on any atom is 0.234 e. The predicted molar refractivity (Wildman–Crippen MR) is 100 cm³/mol. The molecule has 25 heavy (non-hydrogen) atoms. The lowest BCUT2D eigenvalue weighted by atomic mass is 9.91. The molecule has 1 heterocycles. The normalized spacial score (nSPS) is 22.6. The molecule has 0 radical (unpaired) electrons. The highest BCUT2D eigenvalue weighted by Crippen LogP contribution is 2.35. The summed E-state index contributed by atoms with van der Waals surface area (Å²) in [5.41, 5.74) is 1.23. The third-order valence-corrected chi connectivity index (χ3v) is 6.03. The number of aliphatic hydroxyl groups is 1. The summed E-state index contributed by atoms with van der Waals surface area (Å²) in [6.07, 6.45) is 6.69. The molecule has 1 saturated heterocycles. The van der Waals surface area contributed by atoms with E-state index in [2.05, 4.69) is 34.5 Å². The first-order chi connectivity index (χ1) is 12.1. The summed E-state index contributed by atoms with van der Waals surface area (Å²) >= 11 is 0. The summed E-state index contributed by atoms with van der Waals surface area (Å²) in [6.45, 7) is 4.16. The van der Waals surface area contributed by atoms with Crippen LogP contribution in [0.4, 0.5) is 0 Å². The van der Waals surface area contributed by atoms with Crippen molar-refractivity contribution in [2.75, 3.05) is 19.6 Å². The van der Waals surface area contributed by atoms with Crippen molar-refractivity contribution in [3.05, 3.63) is 35.9 Å². The zero-order valence-corrected chi connectivity index (χ0v) is 15.4. The first-order valence-corrected chi connectivity index (χ1v) is 9.88. The van der Waals surface area contributed by atoms with Crippen LogP contribution in [0.3, 0.4) is 0 Å². The van der Waals surface area contributed by atoms with Gasteiger partial charge in [0.15, 0.2) is 0 Å². The topological polar surface area (TPSA) is 52.6 Å². The minimum atomic E-state index is -0.235. The van der Waals surface area contributed by atoms with Gasteiger partial charge in [-0.15, -0.1) is 0 Å². The summed E-state index contributed by atoms with van der Waals surface area (Å²) in [5, 5.41) is 13.0. The maximum atomic E-state index is 12.7. The van der Waals surface area contributed by atoms with Crippen molar-refractivity contribution >= 4 is 5.91 Å².